The number of hydrogen-bond donors (Lipinski definition) is 3. The van der Waals surface area contributed by atoms with Crippen LogP contribution in [0.2, 0.25) is 0 Å². The van der Waals surface area contributed by atoms with Crippen molar-refractivity contribution in [2.45, 2.75) is 13.5 Å². The van der Waals surface area contributed by atoms with Crippen LogP contribution in [-0.2, 0) is 6.54 Å². The molecule has 0 unspecified atom stereocenters. The maximum atomic E-state index is 9.10. The number of ether oxygens (including phenoxy) is 1. The predicted molar refractivity (Wildman–Crippen MR) is 62.1 cm³/mol. The van der Waals surface area contributed by atoms with Crippen molar-refractivity contribution in [2.24, 2.45) is 11.1 Å². The molecule has 0 aliphatic carbocycles. The van der Waals surface area contributed by atoms with Crippen LogP contribution in [0.1, 0.15) is 12.5 Å². The van der Waals surface area contributed by atoms with Gasteiger partial charge in [0.05, 0.1) is 19.8 Å². The summed E-state index contributed by atoms with van der Waals surface area (Å²) in [6.07, 6.45) is 0. The number of hydrogen-bond acceptors (Lipinski definition) is 4. The van der Waals surface area contributed by atoms with Crippen molar-refractivity contribution in [1.29, 1.82) is 0 Å². The highest BCUT2D eigenvalue weighted by atomic mass is 16.5. The fraction of sp³-hybridized carbons (Fsp3) is 0.500. The maximum Gasteiger partial charge on any atom is 0.119 e. The van der Waals surface area contributed by atoms with Crippen LogP contribution >= 0.6 is 0 Å². The smallest absolute Gasteiger partial charge is 0.119 e. The monoisotopic (exact) mass is 225 g/mol. The van der Waals surface area contributed by atoms with Crippen LogP contribution in [0.15, 0.2) is 24.3 Å². The van der Waals surface area contributed by atoms with Crippen LogP contribution in [0, 0.1) is 5.41 Å². The third-order valence-corrected chi connectivity index (χ3v) is 2.48. The minimum Gasteiger partial charge on any atom is -0.493 e. The molecule has 0 amide bonds. The van der Waals surface area contributed by atoms with Gasteiger partial charge in [0.1, 0.15) is 5.75 Å². The first-order chi connectivity index (χ1) is 7.63. The Morgan fingerprint density at radius 1 is 1.31 bits per heavy atom. The quantitative estimate of drug-likeness (QED) is 0.659. The minimum absolute atomic E-state index is 0.111. The van der Waals surface area contributed by atoms with Crippen molar-refractivity contribution in [2.75, 3.05) is 19.8 Å². The van der Waals surface area contributed by atoms with Gasteiger partial charge < -0.3 is 20.7 Å². The van der Waals surface area contributed by atoms with Gasteiger partial charge >= 0.3 is 0 Å². The first-order valence-corrected chi connectivity index (χ1v) is 5.27. The van der Waals surface area contributed by atoms with E-state index in [1.54, 1.807) is 6.92 Å². The second kappa shape index (κ2) is 5.84. The maximum absolute atomic E-state index is 9.10. The molecule has 0 aliphatic rings. The summed E-state index contributed by atoms with van der Waals surface area (Å²) in [5, 5.41) is 18.2. The third-order valence-electron chi connectivity index (χ3n) is 2.48. The predicted octanol–water partition coefficient (Wildman–Crippen LogP) is 0.515. The largest absolute Gasteiger partial charge is 0.493 e. The fourth-order valence-electron chi connectivity index (χ4n) is 1.16. The lowest BCUT2D eigenvalue weighted by Crippen LogP contribution is -2.33. The molecule has 90 valence electrons. The van der Waals surface area contributed by atoms with E-state index in [1.165, 1.54) is 0 Å². The Labute approximate surface area is 95.7 Å². The third kappa shape index (κ3) is 3.48. The fourth-order valence-corrected chi connectivity index (χ4v) is 1.16. The van der Waals surface area contributed by atoms with Gasteiger partial charge in [0.25, 0.3) is 0 Å². The first-order valence-electron chi connectivity index (χ1n) is 5.27. The van der Waals surface area contributed by atoms with E-state index in [2.05, 4.69) is 0 Å². The van der Waals surface area contributed by atoms with Crippen LogP contribution in [0.25, 0.3) is 0 Å². The second-order valence-electron chi connectivity index (χ2n) is 4.27. The summed E-state index contributed by atoms with van der Waals surface area (Å²) < 4.78 is 5.52. The Bertz CT molecular complexity index is 324. The molecule has 1 aromatic carbocycles. The summed E-state index contributed by atoms with van der Waals surface area (Å²) in [5.74, 6) is 0.705. The number of nitrogens with two attached hydrogens (primary N) is 1. The van der Waals surface area contributed by atoms with Gasteiger partial charge in [-0.1, -0.05) is 19.1 Å². The van der Waals surface area contributed by atoms with Gasteiger partial charge in [-0.25, -0.2) is 0 Å². The molecule has 0 fully saturated rings. The summed E-state index contributed by atoms with van der Waals surface area (Å²) in [4.78, 5) is 0. The molecule has 0 radical (unpaired) electrons. The molecule has 1 rings (SSSR count). The van der Waals surface area contributed by atoms with Crippen molar-refractivity contribution in [1.82, 2.24) is 0 Å². The van der Waals surface area contributed by atoms with Crippen molar-refractivity contribution in [3.63, 3.8) is 0 Å². The summed E-state index contributed by atoms with van der Waals surface area (Å²) in [7, 11) is 0. The molecule has 0 saturated carbocycles. The zero-order valence-corrected chi connectivity index (χ0v) is 9.52. The van der Waals surface area contributed by atoms with Crippen LogP contribution in [0.5, 0.6) is 5.75 Å². The molecular formula is C12H19NO3. The molecular weight excluding hydrogens is 206 g/mol. The zero-order chi connectivity index (χ0) is 12.0. The van der Waals surface area contributed by atoms with Crippen molar-refractivity contribution in [3.8, 4) is 5.75 Å². The Morgan fingerprint density at radius 3 is 2.56 bits per heavy atom. The van der Waals surface area contributed by atoms with Crippen molar-refractivity contribution >= 4 is 0 Å². The lowest BCUT2D eigenvalue weighted by atomic mass is 9.94. The molecule has 0 atom stereocenters. The van der Waals surface area contributed by atoms with Gasteiger partial charge in [0, 0.05) is 12.0 Å². The van der Waals surface area contributed by atoms with Gasteiger partial charge in [-0.2, -0.15) is 0 Å². The molecule has 4 heteroatoms. The summed E-state index contributed by atoms with van der Waals surface area (Å²) in [5.41, 5.74) is 5.90. The lowest BCUT2D eigenvalue weighted by molar-refractivity contribution is 0.0287. The normalized spacial score (nSPS) is 11.5. The molecule has 4 nitrogen and oxygen atoms in total. The number of aliphatic hydroxyl groups excluding tert-OH is 2. The van der Waals surface area contributed by atoms with Gasteiger partial charge in [0.2, 0.25) is 0 Å². The summed E-state index contributed by atoms with van der Waals surface area (Å²) >= 11 is 0. The Hall–Kier alpha value is -1.10. The molecule has 16 heavy (non-hydrogen) atoms. The molecule has 1 aromatic rings. The van der Waals surface area contributed by atoms with Crippen molar-refractivity contribution in [3.05, 3.63) is 29.8 Å². The number of benzene rings is 1. The van der Waals surface area contributed by atoms with Gasteiger partial charge in [0.15, 0.2) is 0 Å². The van der Waals surface area contributed by atoms with Crippen LogP contribution in [-0.4, -0.2) is 30.0 Å². The van der Waals surface area contributed by atoms with E-state index < -0.39 is 5.41 Å². The van der Waals surface area contributed by atoms with E-state index >= 15 is 0 Å². The van der Waals surface area contributed by atoms with Gasteiger partial charge in [-0.3, -0.25) is 0 Å². The molecule has 0 spiro atoms. The second-order valence-corrected chi connectivity index (χ2v) is 4.27. The van der Waals surface area contributed by atoms with E-state index in [0.717, 1.165) is 5.56 Å². The van der Waals surface area contributed by atoms with Gasteiger partial charge in [-0.05, 0) is 17.7 Å². The highest BCUT2D eigenvalue weighted by Crippen LogP contribution is 2.19. The van der Waals surface area contributed by atoms with E-state index in [-0.39, 0.29) is 19.8 Å². The minimum atomic E-state index is -0.612. The number of rotatable bonds is 6. The van der Waals surface area contributed by atoms with E-state index in [4.69, 9.17) is 20.7 Å². The molecule has 4 N–H and O–H groups in total. The van der Waals surface area contributed by atoms with Crippen LogP contribution < -0.4 is 10.5 Å². The van der Waals surface area contributed by atoms with Gasteiger partial charge in [-0.15, -0.1) is 0 Å². The summed E-state index contributed by atoms with van der Waals surface area (Å²) in [6.45, 7) is 2.28. The standard InChI is InChI=1S/C12H19NO3/c1-12(7-14,8-15)9-16-11-4-2-3-10(5-11)6-13/h2-5,14-15H,6-9,13H2,1H3. The molecule has 0 saturated heterocycles. The highest BCUT2D eigenvalue weighted by molar-refractivity contribution is 5.28. The SMILES string of the molecule is CC(CO)(CO)COc1cccc(CN)c1. The summed E-state index contributed by atoms with van der Waals surface area (Å²) in [6, 6.07) is 7.47. The molecule has 0 bridgehead atoms. The van der Waals surface area contributed by atoms with Crippen molar-refractivity contribution < 1.29 is 14.9 Å². The Kier molecular flexibility index (Phi) is 4.73. The molecule has 0 aromatic heterocycles. The first kappa shape index (κ1) is 13.0. The topological polar surface area (TPSA) is 75.7 Å². The van der Waals surface area contributed by atoms with E-state index in [9.17, 15) is 0 Å². The van der Waals surface area contributed by atoms with E-state index in [1.807, 2.05) is 24.3 Å². The molecule has 0 aliphatic heterocycles. The van der Waals surface area contributed by atoms with Crippen LogP contribution in [0.3, 0.4) is 0 Å². The molecule has 0 heterocycles. The van der Waals surface area contributed by atoms with E-state index in [0.29, 0.717) is 12.3 Å². The average molecular weight is 225 g/mol. The number of aliphatic hydroxyl groups is 2. The Morgan fingerprint density at radius 2 is 2.00 bits per heavy atom. The Balaban J connectivity index is 2.60. The lowest BCUT2D eigenvalue weighted by Gasteiger charge is -2.24. The zero-order valence-electron chi connectivity index (χ0n) is 9.52. The van der Waals surface area contributed by atoms with Crippen LogP contribution in [0.4, 0.5) is 0 Å². The highest BCUT2D eigenvalue weighted by Gasteiger charge is 2.23. The average Bonchev–Trinajstić information content (AvgIpc) is 2.36.